The lowest BCUT2D eigenvalue weighted by atomic mass is 9.95. The number of methoxy groups -OCH3 is 2. The molecule has 7 heteroatoms. The predicted molar refractivity (Wildman–Crippen MR) is 123 cm³/mol. The number of likely N-dealkylation sites (N-methyl/N-ethyl adjacent to an activating group) is 1. The van der Waals surface area contributed by atoms with Gasteiger partial charge < -0.3 is 24.4 Å². The zero-order valence-corrected chi connectivity index (χ0v) is 19.0. The molecule has 1 fully saturated rings. The van der Waals surface area contributed by atoms with E-state index < -0.39 is 17.7 Å². The minimum atomic E-state index is -0.731. The van der Waals surface area contributed by atoms with Crippen molar-refractivity contribution < 1.29 is 24.2 Å². The summed E-state index contributed by atoms with van der Waals surface area (Å²) in [5.74, 6) is -0.465. The minimum Gasteiger partial charge on any atom is -0.507 e. The van der Waals surface area contributed by atoms with E-state index in [0.717, 1.165) is 13.1 Å². The summed E-state index contributed by atoms with van der Waals surface area (Å²) < 4.78 is 10.8. The topological polar surface area (TPSA) is 79.3 Å². The second kappa shape index (κ2) is 10.3. The second-order valence-electron chi connectivity index (χ2n) is 7.50. The van der Waals surface area contributed by atoms with Crippen molar-refractivity contribution in [3.63, 3.8) is 0 Å². The molecular formula is C25H30N2O5. The molecule has 2 aromatic carbocycles. The highest BCUT2D eigenvalue weighted by molar-refractivity contribution is 6.46. The maximum Gasteiger partial charge on any atom is 0.295 e. The van der Waals surface area contributed by atoms with Crippen LogP contribution in [0.4, 0.5) is 0 Å². The monoisotopic (exact) mass is 438 g/mol. The van der Waals surface area contributed by atoms with Gasteiger partial charge in [-0.3, -0.25) is 9.59 Å². The summed E-state index contributed by atoms with van der Waals surface area (Å²) in [6, 6.07) is 13.3. The van der Waals surface area contributed by atoms with Crippen molar-refractivity contribution in [2.45, 2.75) is 19.9 Å². The smallest absolute Gasteiger partial charge is 0.295 e. The van der Waals surface area contributed by atoms with Gasteiger partial charge in [-0.05, 0) is 30.8 Å². The first-order valence-electron chi connectivity index (χ1n) is 10.7. The fourth-order valence-electron chi connectivity index (χ4n) is 4.02. The van der Waals surface area contributed by atoms with E-state index in [2.05, 4.69) is 18.7 Å². The number of likely N-dealkylation sites (tertiary alicyclic amines) is 1. The number of Topliss-reactive ketones (excluding diaryl/α,β-unsaturated/α-hetero) is 1. The highest BCUT2D eigenvalue weighted by atomic mass is 16.5. The Morgan fingerprint density at radius 3 is 2.25 bits per heavy atom. The quantitative estimate of drug-likeness (QED) is 0.367. The number of ether oxygens (including phenoxy) is 2. The molecule has 1 aliphatic heterocycles. The van der Waals surface area contributed by atoms with E-state index in [0.29, 0.717) is 35.7 Å². The first-order valence-corrected chi connectivity index (χ1v) is 10.7. The average Bonchev–Trinajstić information content (AvgIpc) is 3.09. The second-order valence-corrected chi connectivity index (χ2v) is 7.50. The molecule has 1 saturated heterocycles. The van der Waals surface area contributed by atoms with Crippen molar-refractivity contribution >= 4 is 17.4 Å². The van der Waals surface area contributed by atoms with Crippen LogP contribution in [0.3, 0.4) is 0 Å². The first kappa shape index (κ1) is 23.3. The number of carbonyl (C=O) groups is 2. The van der Waals surface area contributed by atoms with E-state index in [4.69, 9.17) is 9.47 Å². The lowest BCUT2D eigenvalue weighted by molar-refractivity contribution is -0.140. The molecule has 32 heavy (non-hydrogen) atoms. The third kappa shape index (κ3) is 4.48. The van der Waals surface area contributed by atoms with Crippen LogP contribution in [0.25, 0.3) is 5.76 Å². The Morgan fingerprint density at radius 1 is 1.00 bits per heavy atom. The SMILES string of the molecule is CCN(CC)CCN1C(=O)C(=O)/C(=C(\O)c2ccccc2)[C@H]1c1ccc(OC)c(OC)c1. The molecule has 1 amide bonds. The van der Waals surface area contributed by atoms with E-state index in [-0.39, 0.29) is 11.3 Å². The van der Waals surface area contributed by atoms with Crippen LogP contribution in [-0.4, -0.2) is 67.0 Å². The van der Waals surface area contributed by atoms with Crippen LogP contribution in [0.15, 0.2) is 54.1 Å². The van der Waals surface area contributed by atoms with E-state index >= 15 is 0 Å². The summed E-state index contributed by atoms with van der Waals surface area (Å²) in [5.41, 5.74) is 1.23. The lowest BCUT2D eigenvalue weighted by Crippen LogP contribution is -2.38. The van der Waals surface area contributed by atoms with Crippen LogP contribution in [0, 0.1) is 0 Å². The van der Waals surface area contributed by atoms with Gasteiger partial charge in [-0.1, -0.05) is 50.2 Å². The van der Waals surface area contributed by atoms with E-state index in [1.54, 1.807) is 49.6 Å². The molecule has 2 aromatic rings. The van der Waals surface area contributed by atoms with Gasteiger partial charge in [-0.15, -0.1) is 0 Å². The van der Waals surface area contributed by atoms with Crippen LogP contribution >= 0.6 is 0 Å². The minimum absolute atomic E-state index is 0.0768. The number of benzene rings is 2. The zero-order chi connectivity index (χ0) is 23.3. The summed E-state index contributed by atoms with van der Waals surface area (Å²) in [7, 11) is 3.08. The maximum absolute atomic E-state index is 13.1. The molecular weight excluding hydrogens is 408 g/mol. The Kier molecular flexibility index (Phi) is 7.53. The van der Waals surface area contributed by atoms with Gasteiger partial charge in [0.05, 0.1) is 25.8 Å². The first-order chi connectivity index (χ1) is 15.5. The Balaban J connectivity index is 2.13. The number of rotatable bonds is 9. The number of amides is 1. The van der Waals surface area contributed by atoms with E-state index in [1.165, 1.54) is 12.0 Å². The molecule has 0 bridgehead atoms. The highest BCUT2D eigenvalue weighted by Crippen LogP contribution is 2.41. The Hall–Kier alpha value is -3.32. The number of ketones is 1. The van der Waals surface area contributed by atoms with Gasteiger partial charge in [-0.25, -0.2) is 0 Å². The zero-order valence-electron chi connectivity index (χ0n) is 19.0. The Morgan fingerprint density at radius 2 is 1.66 bits per heavy atom. The highest BCUT2D eigenvalue weighted by Gasteiger charge is 2.46. The fraction of sp³-hybridized carbons (Fsp3) is 0.360. The third-order valence-corrected chi connectivity index (χ3v) is 5.86. The van der Waals surface area contributed by atoms with Crippen molar-refractivity contribution in [2.75, 3.05) is 40.4 Å². The van der Waals surface area contributed by atoms with Crippen LogP contribution in [0.1, 0.15) is 31.0 Å². The largest absolute Gasteiger partial charge is 0.507 e. The van der Waals surface area contributed by atoms with Gasteiger partial charge >= 0.3 is 0 Å². The number of hydrogen-bond donors (Lipinski definition) is 1. The summed E-state index contributed by atoms with van der Waals surface area (Å²) >= 11 is 0. The van der Waals surface area contributed by atoms with E-state index in [1.807, 2.05) is 6.07 Å². The Labute approximate surface area is 188 Å². The fourth-order valence-corrected chi connectivity index (χ4v) is 4.02. The van der Waals surface area contributed by atoms with E-state index in [9.17, 15) is 14.7 Å². The number of aliphatic hydroxyl groups is 1. The summed E-state index contributed by atoms with van der Waals surface area (Å²) in [6.45, 7) is 6.76. The van der Waals surface area contributed by atoms with Gasteiger partial charge in [0.1, 0.15) is 5.76 Å². The third-order valence-electron chi connectivity index (χ3n) is 5.86. The van der Waals surface area contributed by atoms with Crippen molar-refractivity contribution in [3.05, 3.63) is 65.2 Å². The number of hydrogen-bond acceptors (Lipinski definition) is 6. The molecule has 1 atom stereocenters. The van der Waals surface area contributed by atoms with Gasteiger partial charge in [0.25, 0.3) is 11.7 Å². The molecule has 0 unspecified atom stereocenters. The molecule has 7 nitrogen and oxygen atoms in total. The van der Waals surface area contributed by atoms with Crippen molar-refractivity contribution in [3.8, 4) is 11.5 Å². The van der Waals surface area contributed by atoms with Gasteiger partial charge in [0.15, 0.2) is 11.5 Å². The maximum atomic E-state index is 13.1. The van der Waals surface area contributed by atoms with Gasteiger partial charge in [-0.2, -0.15) is 0 Å². The van der Waals surface area contributed by atoms with Gasteiger partial charge in [0, 0.05) is 18.7 Å². The molecule has 0 saturated carbocycles. The van der Waals surface area contributed by atoms with Crippen molar-refractivity contribution in [2.24, 2.45) is 0 Å². The van der Waals surface area contributed by atoms with Crippen molar-refractivity contribution in [1.82, 2.24) is 9.80 Å². The molecule has 0 spiro atoms. The predicted octanol–water partition coefficient (Wildman–Crippen LogP) is 3.47. The molecule has 1 aliphatic rings. The van der Waals surface area contributed by atoms with Crippen molar-refractivity contribution in [1.29, 1.82) is 0 Å². The lowest BCUT2D eigenvalue weighted by Gasteiger charge is -2.28. The average molecular weight is 439 g/mol. The van der Waals surface area contributed by atoms with Crippen LogP contribution in [0.2, 0.25) is 0 Å². The summed E-state index contributed by atoms with van der Waals surface area (Å²) in [5, 5.41) is 11.1. The number of carbonyl (C=O) groups excluding carboxylic acids is 2. The Bertz CT molecular complexity index is 999. The molecule has 0 aromatic heterocycles. The number of nitrogens with zero attached hydrogens (tertiary/aromatic N) is 2. The normalized spacial score (nSPS) is 17.8. The standard InChI is InChI=1S/C25H30N2O5/c1-5-26(6-2)14-15-27-22(18-12-13-19(31-3)20(16-18)32-4)21(24(29)25(27)30)23(28)17-10-8-7-9-11-17/h7-13,16,22,28H,5-6,14-15H2,1-4H3/b23-21-/t22-/m1/s1. The van der Waals surface area contributed by atoms with Crippen LogP contribution < -0.4 is 9.47 Å². The number of aliphatic hydroxyl groups excluding tert-OH is 1. The molecule has 1 heterocycles. The van der Waals surface area contributed by atoms with Gasteiger partial charge in [0.2, 0.25) is 0 Å². The summed E-state index contributed by atoms with van der Waals surface area (Å²) in [6.07, 6.45) is 0. The van der Waals surface area contributed by atoms with Crippen LogP contribution in [-0.2, 0) is 9.59 Å². The summed E-state index contributed by atoms with van der Waals surface area (Å²) in [4.78, 5) is 29.9. The molecule has 0 radical (unpaired) electrons. The molecule has 170 valence electrons. The molecule has 1 N–H and O–H groups in total. The molecule has 0 aliphatic carbocycles. The van der Waals surface area contributed by atoms with Crippen LogP contribution in [0.5, 0.6) is 11.5 Å². The molecule has 3 rings (SSSR count).